The van der Waals surface area contributed by atoms with E-state index in [4.69, 9.17) is 4.74 Å². The first-order chi connectivity index (χ1) is 9.22. The van der Waals surface area contributed by atoms with Gasteiger partial charge in [0.05, 0.1) is 7.11 Å². The van der Waals surface area contributed by atoms with Crippen molar-refractivity contribution in [3.05, 3.63) is 0 Å². The van der Waals surface area contributed by atoms with Crippen LogP contribution in [-0.4, -0.2) is 59.7 Å². The van der Waals surface area contributed by atoms with Crippen LogP contribution in [0.15, 0.2) is 0 Å². The second-order valence-electron chi connectivity index (χ2n) is 4.66. The van der Waals surface area contributed by atoms with Crippen molar-refractivity contribution >= 4 is 11.9 Å². The SMILES string of the molecule is CCNc1nc(NCC2CCCN2C)nc(OC)n1. The van der Waals surface area contributed by atoms with Crippen molar-refractivity contribution in [2.24, 2.45) is 0 Å². The quantitative estimate of drug-likeness (QED) is 0.789. The van der Waals surface area contributed by atoms with Crippen LogP contribution < -0.4 is 15.4 Å². The van der Waals surface area contributed by atoms with Crippen LogP contribution in [0.25, 0.3) is 0 Å². The summed E-state index contributed by atoms with van der Waals surface area (Å²) in [6.07, 6.45) is 2.47. The monoisotopic (exact) mass is 266 g/mol. The lowest BCUT2D eigenvalue weighted by atomic mass is 10.2. The Bertz CT molecular complexity index is 413. The molecule has 0 spiro atoms. The van der Waals surface area contributed by atoms with Gasteiger partial charge in [-0.25, -0.2) is 0 Å². The molecular formula is C12H22N6O. The summed E-state index contributed by atoms with van der Waals surface area (Å²) in [5, 5.41) is 6.33. The molecule has 0 saturated carbocycles. The topological polar surface area (TPSA) is 75.2 Å². The summed E-state index contributed by atoms with van der Waals surface area (Å²) in [6.45, 7) is 4.76. The Morgan fingerprint density at radius 2 is 2.00 bits per heavy atom. The highest BCUT2D eigenvalue weighted by Crippen LogP contribution is 2.16. The van der Waals surface area contributed by atoms with Crippen LogP contribution in [0, 0.1) is 0 Å². The van der Waals surface area contributed by atoms with Crippen LogP contribution in [0.5, 0.6) is 6.01 Å². The standard InChI is InChI=1S/C12H22N6O/c1-4-13-10-15-11(17-12(16-10)19-3)14-8-9-6-5-7-18(9)2/h9H,4-8H2,1-3H3,(H2,13,14,15,16,17). The van der Waals surface area contributed by atoms with Crippen LogP contribution >= 0.6 is 0 Å². The Morgan fingerprint density at radius 3 is 2.58 bits per heavy atom. The highest BCUT2D eigenvalue weighted by molar-refractivity contribution is 5.35. The van der Waals surface area contributed by atoms with Crippen molar-refractivity contribution in [1.82, 2.24) is 19.9 Å². The van der Waals surface area contributed by atoms with Gasteiger partial charge in [0.1, 0.15) is 0 Å². The minimum atomic E-state index is 0.327. The molecule has 2 heterocycles. The Balaban J connectivity index is 2.00. The number of nitrogens with one attached hydrogen (secondary N) is 2. The van der Waals surface area contributed by atoms with Crippen LogP contribution in [0.4, 0.5) is 11.9 Å². The van der Waals surface area contributed by atoms with E-state index < -0.39 is 0 Å². The molecule has 7 nitrogen and oxygen atoms in total. The summed E-state index contributed by atoms with van der Waals surface area (Å²) in [7, 11) is 3.71. The van der Waals surface area contributed by atoms with Gasteiger partial charge in [-0.15, -0.1) is 0 Å². The average Bonchev–Trinajstić information content (AvgIpc) is 2.82. The molecular weight excluding hydrogens is 244 g/mol. The lowest BCUT2D eigenvalue weighted by molar-refractivity contribution is 0.321. The fraction of sp³-hybridized carbons (Fsp3) is 0.750. The molecule has 1 aromatic rings. The number of hydrogen-bond acceptors (Lipinski definition) is 7. The predicted octanol–water partition coefficient (Wildman–Crippen LogP) is 0.818. The van der Waals surface area contributed by atoms with Crippen LogP contribution in [0.1, 0.15) is 19.8 Å². The van der Waals surface area contributed by atoms with Gasteiger partial charge < -0.3 is 20.3 Å². The zero-order valence-electron chi connectivity index (χ0n) is 11.8. The molecule has 1 fully saturated rings. The second kappa shape index (κ2) is 6.51. The van der Waals surface area contributed by atoms with Gasteiger partial charge in [0.15, 0.2) is 0 Å². The summed E-state index contributed by atoms with van der Waals surface area (Å²) in [5.41, 5.74) is 0. The molecule has 0 amide bonds. The van der Waals surface area contributed by atoms with Crippen molar-refractivity contribution < 1.29 is 4.74 Å². The molecule has 2 N–H and O–H groups in total. The highest BCUT2D eigenvalue weighted by Gasteiger charge is 2.20. The van der Waals surface area contributed by atoms with Gasteiger partial charge in [-0.05, 0) is 33.4 Å². The third-order valence-corrected chi connectivity index (χ3v) is 3.30. The van der Waals surface area contributed by atoms with E-state index in [9.17, 15) is 0 Å². The summed E-state index contributed by atoms with van der Waals surface area (Å²) in [4.78, 5) is 15.0. The first-order valence-corrected chi connectivity index (χ1v) is 6.71. The van der Waals surface area contributed by atoms with E-state index >= 15 is 0 Å². The Morgan fingerprint density at radius 1 is 1.26 bits per heavy atom. The fourth-order valence-electron chi connectivity index (χ4n) is 2.21. The van der Waals surface area contributed by atoms with Crippen LogP contribution in [0.3, 0.4) is 0 Å². The fourth-order valence-corrected chi connectivity index (χ4v) is 2.21. The van der Waals surface area contributed by atoms with Gasteiger partial charge in [0, 0.05) is 19.1 Å². The second-order valence-corrected chi connectivity index (χ2v) is 4.66. The molecule has 0 aliphatic carbocycles. The molecule has 1 aliphatic heterocycles. The third kappa shape index (κ3) is 3.66. The van der Waals surface area contributed by atoms with Gasteiger partial charge in [-0.1, -0.05) is 0 Å². The number of aromatic nitrogens is 3. The maximum Gasteiger partial charge on any atom is 0.322 e. The molecule has 106 valence electrons. The van der Waals surface area contributed by atoms with Crippen molar-refractivity contribution in [3.8, 4) is 6.01 Å². The molecule has 7 heteroatoms. The van der Waals surface area contributed by atoms with Crippen molar-refractivity contribution in [1.29, 1.82) is 0 Å². The van der Waals surface area contributed by atoms with E-state index in [0.29, 0.717) is 23.9 Å². The Hall–Kier alpha value is -1.63. The van der Waals surface area contributed by atoms with Gasteiger partial charge in [-0.2, -0.15) is 15.0 Å². The first-order valence-electron chi connectivity index (χ1n) is 6.71. The molecule has 1 aliphatic rings. The number of hydrogen-bond donors (Lipinski definition) is 2. The van der Waals surface area contributed by atoms with E-state index in [-0.39, 0.29) is 0 Å². The van der Waals surface area contributed by atoms with Gasteiger partial charge in [0.25, 0.3) is 0 Å². The van der Waals surface area contributed by atoms with E-state index in [2.05, 4.69) is 37.5 Å². The lowest BCUT2D eigenvalue weighted by Gasteiger charge is -2.19. The number of ether oxygens (including phenoxy) is 1. The maximum absolute atomic E-state index is 5.08. The number of likely N-dealkylation sites (tertiary alicyclic amines) is 1. The summed E-state index contributed by atoms with van der Waals surface area (Å²) in [6, 6.07) is 0.874. The van der Waals surface area contributed by atoms with Crippen LogP contribution in [-0.2, 0) is 0 Å². The Kier molecular flexibility index (Phi) is 4.73. The number of rotatable bonds is 6. The molecule has 0 radical (unpaired) electrons. The molecule has 2 rings (SSSR count). The lowest BCUT2D eigenvalue weighted by Crippen LogP contribution is -2.32. The molecule has 1 saturated heterocycles. The zero-order chi connectivity index (χ0) is 13.7. The minimum Gasteiger partial charge on any atom is -0.467 e. The molecule has 1 atom stereocenters. The molecule has 1 unspecified atom stereocenters. The number of anilines is 2. The van der Waals surface area contributed by atoms with Gasteiger partial charge in [-0.3, -0.25) is 0 Å². The zero-order valence-corrected chi connectivity index (χ0v) is 11.8. The molecule has 19 heavy (non-hydrogen) atoms. The first kappa shape index (κ1) is 13.8. The summed E-state index contributed by atoms with van der Waals surface area (Å²) < 4.78 is 5.08. The number of nitrogens with zero attached hydrogens (tertiary/aromatic N) is 4. The van der Waals surface area contributed by atoms with E-state index in [1.807, 2.05) is 6.92 Å². The third-order valence-electron chi connectivity index (χ3n) is 3.30. The largest absolute Gasteiger partial charge is 0.467 e. The van der Waals surface area contributed by atoms with Crippen LogP contribution in [0.2, 0.25) is 0 Å². The average molecular weight is 266 g/mol. The van der Waals surface area contributed by atoms with E-state index in [1.165, 1.54) is 12.8 Å². The number of methoxy groups -OCH3 is 1. The molecule has 0 bridgehead atoms. The van der Waals surface area contributed by atoms with Gasteiger partial charge in [0.2, 0.25) is 11.9 Å². The maximum atomic E-state index is 5.08. The van der Waals surface area contributed by atoms with Crippen molar-refractivity contribution in [3.63, 3.8) is 0 Å². The van der Waals surface area contributed by atoms with Crippen molar-refractivity contribution in [2.45, 2.75) is 25.8 Å². The summed E-state index contributed by atoms with van der Waals surface area (Å²) in [5.74, 6) is 1.10. The highest BCUT2D eigenvalue weighted by atomic mass is 16.5. The van der Waals surface area contributed by atoms with Gasteiger partial charge >= 0.3 is 6.01 Å². The minimum absolute atomic E-state index is 0.327. The smallest absolute Gasteiger partial charge is 0.322 e. The summed E-state index contributed by atoms with van der Waals surface area (Å²) >= 11 is 0. The normalized spacial score (nSPS) is 19.4. The van der Waals surface area contributed by atoms with E-state index in [1.54, 1.807) is 7.11 Å². The van der Waals surface area contributed by atoms with Crippen molar-refractivity contribution in [2.75, 3.05) is 44.4 Å². The van der Waals surface area contributed by atoms with E-state index in [0.717, 1.165) is 19.6 Å². The number of likely N-dealkylation sites (N-methyl/N-ethyl adjacent to an activating group) is 1. The molecule has 0 aromatic carbocycles. The molecule has 1 aromatic heterocycles. The predicted molar refractivity (Wildman–Crippen MR) is 74.7 cm³/mol. The Labute approximate surface area is 113 Å².